The van der Waals surface area contributed by atoms with Crippen molar-refractivity contribution >= 4 is 32.5 Å². The number of halogens is 1. The lowest BCUT2D eigenvalue weighted by Gasteiger charge is -2.14. The Kier molecular flexibility index (Phi) is 6.34. The smallest absolute Gasteiger partial charge is 0.185 e. The van der Waals surface area contributed by atoms with Crippen molar-refractivity contribution in [3.63, 3.8) is 0 Å². The maximum atomic E-state index is 12.6. The number of thiazole rings is 1. The standard InChI is InChI=1S/C18H18N2O2S.BrH/c1-3-13(17(21)12-8-5-4-6-9-12)19-18-20-16-14(22-2)10-7-11-15(16)23-18;/h4-11,13H,3H2,1-2H3,(H,19,20);1H/p-1. The average Bonchev–Trinajstić information content (AvgIpc) is 3.02. The first-order valence-corrected chi connectivity index (χ1v) is 8.34. The Balaban J connectivity index is 0.00000208. The van der Waals surface area contributed by atoms with E-state index in [4.69, 9.17) is 4.74 Å². The lowest BCUT2D eigenvalue weighted by molar-refractivity contribution is -0.0000125. The van der Waals surface area contributed by atoms with E-state index in [0.717, 1.165) is 21.1 Å². The molecule has 3 rings (SSSR count). The Labute approximate surface area is 155 Å². The van der Waals surface area contributed by atoms with Crippen molar-refractivity contribution in [3.8, 4) is 5.75 Å². The second kappa shape index (κ2) is 8.26. The highest BCUT2D eigenvalue weighted by molar-refractivity contribution is 7.22. The number of hydrogen-bond donors (Lipinski definition) is 1. The SMILES string of the molecule is CCC(Nc1nc2c(OC)cccc2s1)C(=O)c1ccccc1.[Br-]. The number of anilines is 1. The second-order valence-electron chi connectivity index (χ2n) is 5.16. The summed E-state index contributed by atoms with van der Waals surface area (Å²) in [6.07, 6.45) is 0.695. The van der Waals surface area contributed by atoms with Crippen LogP contribution in [0.5, 0.6) is 5.75 Å². The highest BCUT2D eigenvalue weighted by Gasteiger charge is 2.19. The number of methoxy groups -OCH3 is 1. The van der Waals surface area contributed by atoms with Crippen LogP contribution < -0.4 is 27.0 Å². The first-order chi connectivity index (χ1) is 11.2. The topological polar surface area (TPSA) is 51.2 Å². The third kappa shape index (κ3) is 3.76. The number of fused-ring (bicyclic) bond motifs is 1. The van der Waals surface area contributed by atoms with E-state index in [2.05, 4.69) is 10.3 Å². The number of hydrogen-bond acceptors (Lipinski definition) is 5. The fourth-order valence-corrected chi connectivity index (χ4v) is 3.39. The van der Waals surface area contributed by atoms with Crippen molar-refractivity contribution in [2.24, 2.45) is 0 Å². The normalized spacial score (nSPS) is 11.6. The molecule has 1 aromatic heterocycles. The molecule has 3 aromatic rings. The molecule has 1 heterocycles. The number of rotatable bonds is 6. The number of carbonyl (C=O) groups is 1. The van der Waals surface area contributed by atoms with Crippen LogP contribution in [0.25, 0.3) is 10.2 Å². The van der Waals surface area contributed by atoms with Crippen molar-refractivity contribution in [2.45, 2.75) is 19.4 Å². The summed E-state index contributed by atoms with van der Waals surface area (Å²) >= 11 is 1.53. The van der Waals surface area contributed by atoms with E-state index in [9.17, 15) is 4.79 Å². The van der Waals surface area contributed by atoms with E-state index in [-0.39, 0.29) is 28.8 Å². The number of nitrogens with zero attached hydrogens (tertiary/aromatic N) is 1. The summed E-state index contributed by atoms with van der Waals surface area (Å²) in [5.41, 5.74) is 1.54. The summed E-state index contributed by atoms with van der Waals surface area (Å²) in [7, 11) is 1.63. The third-order valence-electron chi connectivity index (χ3n) is 3.68. The predicted octanol–water partition coefficient (Wildman–Crippen LogP) is 1.38. The van der Waals surface area contributed by atoms with Gasteiger partial charge in [0.25, 0.3) is 0 Å². The molecule has 0 aliphatic rings. The van der Waals surface area contributed by atoms with Gasteiger partial charge in [0.2, 0.25) is 0 Å². The molecule has 1 N–H and O–H groups in total. The van der Waals surface area contributed by atoms with Crippen LogP contribution in [0.15, 0.2) is 48.5 Å². The van der Waals surface area contributed by atoms with Crippen LogP contribution >= 0.6 is 11.3 Å². The molecule has 0 fully saturated rings. The molecule has 0 saturated carbocycles. The minimum absolute atomic E-state index is 0. The molecule has 0 saturated heterocycles. The number of para-hydroxylation sites is 1. The Morgan fingerprint density at radius 1 is 1.21 bits per heavy atom. The van der Waals surface area contributed by atoms with Crippen LogP contribution in [-0.2, 0) is 0 Å². The molecule has 6 heteroatoms. The maximum absolute atomic E-state index is 12.6. The molecule has 0 spiro atoms. The summed E-state index contributed by atoms with van der Waals surface area (Å²) in [4.78, 5) is 17.2. The number of carbonyl (C=O) groups excluding carboxylic acids is 1. The molecular formula is C18H18BrN2O2S-. The monoisotopic (exact) mass is 405 g/mol. The molecular weight excluding hydrogens is 388 g/mol. The summed E-state index contributed by atoms with van der Waals surface area (Å²) in [5.74, 6) is 0.827. The summed E-state index contributed by atoms with van der Waals surface area (Å²) in [5, 5.41) is 4.01. The van der Waals surface area contributed by atoms with E-state index in [1.165, 1.54) is 11.3 Å². The first kappa shape index (κ1) is 18.4. The van der Waals surface area contributed by atoms with Gasteiger partial charge in [-0.15, -0.1) is 0 Å². The molecule has 0 amide bonds. The van der Waals surface area contributed by atoms with Crippen LogP contribution in [-0.4, -0.2) is 23.9 Å². The van der Waals surface area contributed by atoms with Crippen molar-refractivity contribution in [3.05, 3.63) is 54.1 Å². The quantitative estimate of drug-likeness (QED) is 0.629. The molecule has 126 valence electrons. The minimum atomic E-state index is -0.288. The fraction of sp³-hybridized carbons (Fsp3) is 0.222. The molecule has 1 unspecified atom stereocenters. The zero-order valence-corrected chi connectivity index (χ0v) is 15.9. The van der Waals surface area contributed by atoms with Crippen LogP contribution in [0, 0.1) is 0 Å². The number of benzene rings is 2. The van der Waals surface area contributed by atoms with Crippen molar-refractivity contribution in [1.29, 1.82) is 0 Å². The van der Waals surface area contributed by atoms with E-state index in [0.29, 0.717) is 12.0 Å². The Morgan fingerprint density at radius 2 is 1.96 bits per heavy atom. The van der Waals surface area contributed by atoms with Gasteiger partial charge in [0, 0.05) is 5.56 Å². The molecule has 1 atom stereocenters. The number of Topliss-reactive ketones (excluding diaryl/α,β-unsaturated/α-hetero) is 1. The van der Waals surface area contributed by atoms with E-state index >= 15 is 0 Å². The number of nitrogens with one attached hydrogen (secondary N) is 1. The highest BCUT2D eigenvalue weighted by atomic mass is 79.9. The third-order valence-corrected chi connectivity index (χ3v) is 4.63. The zero-order valence-electron chi connectivity index (χ0n) is 13.5. The fourth-order valence-electron chi connectivity index (χ4n) is 2.46. The molecule has 4 nitrogen and oxygen atoms in total. The van der Waals surface area contributed by atoms with Gasteiger partial charge in [-0.25, -0.2) is 4.98 Å². The Morgan fingerprint density at radius 3 is 2.62 bits per heavy atom. The molecule has 0 radical (unpaired) electrons. The lowest BCUT2D eigenvalue weighted by atomic mass is 10.0. The average molecular weight is 406 g/mol. The maximum Gasteiger partial charge on any atom is 0.185 e. The summed E-state index contributed by atoms with van der Waals surface area (Å²) in [6, 6.07) is 14.9. The van der Waals surface area contributed by atoms with Gasteiger partial charge in [0.05, 0.1) is 17.9 Å². The highest BCUT2D eigenvalue weighted by Crippen LogP contribution is 2.32. The number of ketones is 1. The molecule has 0 aliphatic heterocycles. The van der Waals surface area contributed by atoms with Crippen LogP contribution in [0.1, 0.15) is 23.7 Å². The zero-order chi connectivity index (χ0) is 16.2. The van der Waals surface area contributed by atoms with Gasteiger partial charge < -0.3 is 27.0 Å². The minimum Gasteiger partial charge on any atom is -1.00 e. The van der Waals surface area contributed by atoms with Gasteiger partial charge in [-0.3, -0.25) is 4.79 Å². The number of aromatic nitrogens is 1. The van der Waals surface area contributed by atoms with Gasteiger partial charge in [0.15, 0.2) is 10.9 Å². The van der Waals surface area contributed by atoms with E-state index < -0.39 is 0 Å². The second-order valence-corrected chi connectivity index (χ2v) is 6.19. The van der Waals surface area contributed by atoms with Gasteiger partial charge >= 0.3 is 0 Å². The predicted molar refractivity (Wildman–Crippen MR) is 94.6 cm³/mol. The van der Waals surface area contributed by atoms with E-state index in [1.807, 2.05) is 55.5 Å². The Hall–Kier alpha value is -1.92. The van der Waals surface area contributed by atoms with Gasteiger partial charge in [-0.1, -0.05) is 54.7 Å². The molecule has 24 heavy (non-hydrogen) atoms. The molecule has 0 bridgehead atoms. The number of ether oxygens (including phenoxy) is 1. The summed E-state index contributed by atoms with van der Waals surface area (Å²) in [6.45, 7) is 1.99. The first-order valence-electron chi connectivity index (χ1n) is 7.52. The summed E-state index contributed by atoms with van der Waals surface area (Å²) < 4.78 is 6.37. The van der Waals surface area contributed by atoms with Crippen molar-refractivity contribution in [1.82, 2.24) is 4.98 Å². The van der Waals surface area contributed by atoms with Crippen LogP contribution in [0.3, 0.4) is 0 Å². The van der Waals surface area contributed by atoms with Crippen LogP contribution in [0.2, 0.25) is 0 Å². The van der Waals surface area contributed by atoms with Crippen LogP contribution in [0.4, 0.5) is 5.13 Å². The molecule has 0 aliphatic carbocycles. The largest absolute Gasteiger partial charge is 1.00 e. The Bertz CT molecular complexity index is 820. The van der Waals surface area contributed by atoms with E-state index in [1.54, 1.807) is 7.11 Å². The van der Waals surface area contributed by atoms with Gasteiger partial charge in [-0.2, -0.15) is 0 Å². The van der Waals surface area contributed by atoms with Gasteiger partial charge in [-0.05, 0) is 18.6 Å². The lowest BCUT2D eigenvalue weighted by Crippen LogP contribution is -3.00. The van der Waals surface area contributed by atoms with Crippen molar-refractivity contribution < 1.29 is 26.5 Å². The van der Waals surface area contributed by atoms with Gasteiger partial charge in [0.1, 0.15) is 11.3 Å². The van der Waals surface area contributed by atoms with Crippen molar-refractivity contribution in [2.75, 3.05) is 12.4 Å². The molecule has 2 aromatic carbocycles.